The van der Waals surface area contributed by atoms with Crippen LogP contribution >= 0.6 is 0 Å². The highest BCUT2D eigenvalue weighted by molar-refractivity contribution is 5.96. The van der Waals surface area contributed by atoms with Gasteiger partial charge in [-0.2, -0.15) is 0 Å². The van der Waals surface area contributed by atoms with Crippen LogP contribution in [0.15, 0.2) is 48.5 Å². The molecule has 0 fully saturated rings. The molecule has 0 aliphatic heterocycles. The number of benzene rings is 2. The number of ether oxygens (including phenoxy) is 2. The second-order valence-corrected chi connectivity index (χ2v) is 14.7. The number of esters is 1. The van der Waals surface area contributed by atoms with Gasteiger partial charge in [0.25, 0.3) is 0 Å². The van der Waals surface area contributed by atoms with Gasteiger partial charge in [-0.05, 0) is 98.4 Å². The van der Waals surface area contributed by atoms with Crippen LogP contribution in [0.5, 0.6) is 0 Å². The van der Waals surface area contributed by atoms with Crippen LogP contribution in [0.1, 0.15) is 97.0 Å². The van der Waals surface area contributed by atoms with E-state index in [2.05, 4.69) is 10.6 Å². The van der Waals surface area contributed by atoms with Crippen molar-refractivity contribution in [2.24, 2.45) is 5.73 Å². The van der Waals surface area contributed by atoms with Crippen molar-refractivity contribution in [3.8, 4) is 0 Å². The van der Waals surface area contributed by atoms with Crippen LogP contribution in [0.25, 0.3) is 0 Å². The Hall–Kier alpha value is -4.41. The first-order valence-electron chi connectivity index (χ1n) is 15.7. The summed E-state index contributed by atoms with van der Waals surface area (Å²) in [4.78, 5) is 69.1. The first-order valence-corrected chi connectivity index (χ1v) is 15.7. The molecule has 3 atom stereocenters. The minimum Gasteiger partial charge on any atom is -0.458 e. The average Bonchev–Trinajstić information content (AvgIpc) is 2.89. The monoisotopic (exact) mass is 652 g/mol. The van der Waals surface area contributed by atoms with Gasteiger partial charge in [-0.15, -0.1) is 0 Å². The minimum absolute atomic E-state index is 0.134. The summed E-state index contributed by atoms with van der Waals surface area (Å²) in [7, 11) is 0. The maximum Gasteiger partial charge on any atom is 0.408 e. The van der Waals surface area contributed by atoms with E-state index in [4.69, 9.17) is 15.2 Å². The molecule has 0 bridgehead atoms. The molecule has 2 aromatic carbocycles. The van der Waals surface area contributed by atoms with E-state index in [1.54, 1.807) is 62.3 Å². The Balaban J connectivity index is 2.73. The second kappa shape index (κ2) is 15.5. The van der Waals surface area contributed by atoms with Gasteiger partial charge in [0.15, 0.2) is 0 Å². The summed E-state index contributed by atoms with van der Waals surface area (Å²) in [6, 6.07) is 10.8. The van der Waals surface area contributed by atoms with E-state index in [9.17, 15) is 24.0 Å². The summed E-state index contributed by atoms with van der Waals surface area (Å²) < 4.78 is 11.1. The maximum absolute atomic E-state index is 14.6. The van der Waals surface area contributed by atoms with E-state index in [0.717, 1.165) is 16.7 Å². The van der Waals surface area contributed by atoms with E-state index >= 15 is 0 Å². The molecule has 11 heteroatoms. The van der Waals surface area contributed by atoms with Crippen LogP contribution in [0.2, 0.25) is 0 Å². The van der Waals surface area contributed by atoms with E-state index < -0.39 is 71.1 Å². The number of primary amides is 1. The van der Waals surface area contributed by atoms with Crippen LogP contribution in [0.4, 0.5) is 4.79 Å². The van der Waals surface area contributed by atoms with Crippen LogP contribution in [-0.2, 0) is 35.1 Å². The average molecular weight is 653 g/mol. The normalized spacial score (nSPS) is 13.9. The third kappa shape index (κ3) is 12.0. The van der Waals surface area contributed by atoms with Gasteiger partial charge in [-0.25, -0.2) is 9.59 Å². The summed E-state index contributed by atoms with van der Waals surface area (Å²) >= 11 is 0. The summed E-state index contributed by atoms with van der Waals surface area (Å²) in [6.07, 6.45) is -1.33. The van der Waals surface area contributed by atoms with Crippen molar-refractivity contribution in [3.63, 3.8) is 0 Å². The number of rotatable bonds is 11. The molecule has 2 aromatic rings. The highest BCUT2D eigenvalue weighted by Gasteiger charge is 2.44. The molecule has 0 spiro atoms. The molecular weight excluding hydrogens is 600 g/mol. The Labute approximate surface area is 278 Å². The molecule has 258 valence electrons. The minimum atomic E-state index is -1.45. The van der Waals surface area contributed by atoms with Gasteiger partial charge in [0.05, 0.1) is 6.42 Å². The molecule has 3 unspecified atom stereocenters. The molecule has 0 aliphatic carbocycles. The van der Waals surface area contributed by atoms with Gasteiger partial charge in [0.2, 0.25) is 17.7 Å². The number of hydrogen-bond donors (Lipinski definition) is 3. The maximum atomic E-state index is 14.6. The lowest BCUT2D eigenvalue weighted by atomic mass is 9.89. The number of aryl methyl sites for hydroxylation is 2. The van der Waals surface area contributed by atoms with Crippen LogP contribution in [-0.4, -0.2) is 63.5 Å². The van der Waals surface area contributed by atoms with Crippen LogP contribution in [0, 0.1) is 13.8 Å². The van der Waals surface area contributed by atoms with Crippen molar-refractivity contribution in [2.45, 2.75) is 124 Å². The van der Waals surface area contributed by atoms with Gasteiger partial charge in [0.1, 0.15) is 29.3 Å². The number of amides is 4. The van der Waals surface area contributed by atoms with Gasteiger partial charge in [-0.3, -0.25) is 14.4 Å². The standard InChI is InChI=1S/C36H52N4O7/c1-22-16-15-17-23(2)28(22)29(30(42)38-26(32(44)46-35(6,7)8)20-24-18-13-12-14-19-24)40(34(3,4)5)31(43)25(21-27(37)41)39-33(45)47-36(9,10)11/h12-19,25-26,29H,20-21H2,1-11H3,(H2,37,41)(H,38,42)(H,39,45). The fraction of sp³-hybridized carbons (Fsp3) is 0.528. The van der Waals surface area contributed by atoms with Crippen molar-refractivity contribution in [2.75, 3.05) is 0 Å². The summed E-state index contributed by atoms with van der Waals surface area (Å²) in [5, 5.41) is 5.38. The lowest BCUT2D eigenvalue weighted by molar-refractivity contribution is -0.159. The number of carbonyl (C=O) groups is 5. The molecule has 11 nitrogen and oxygen atoms in total. The third-order valence-corrected chi connectivity index (χ3v) is 6.97. The Morgan fingerprint density at radius 3 is 1.74 bits per heavy atom. The van der Waals surface area contributed by atoms with Crippen LogP contribution < -0.4 is 16.4 Å². The predicted molar refractivity (Wildman–Crippen MR) is 180 cm³/mol. The van der Waals surface area contributed by atoms with Crippen molar-refractivity contribution >= 4 is 29.8 Å². The fourth-order valence-corrected chi connectivity index (χ4v) is 5.17. The van der Waals surface area contributed by atoms with Crippen molar-refractivity contribution in [1.29, 1.82) is 0 Å². The van der Waals surface area contributed by atoms with Crippen molar-refractivity contribution in [3.05, 3.63) is 70.8 Å². The fourth-order valence-electron chi connectivity index (χ4n) is 5.17. The van der Waals surface area contributed by atoms with Gasteiger partial charge < -0.3 is 30.7 Å². The first kappa shape index (κ1) is 38.8. The third-order valence-electron chi connectivity index (χ3n) is 6.97. The molecule has 0 saturated heterocycles. The highest BCUT2D eigenvalue weighted by atomic mass is 16.6. The molecular formula is C36H52N4O7. The first-order chi connectivity index (χ1) is 21.5. The van der Waals surface area contributed by atoms with Crippen molar-refractivity contribution in [1.82, 2.24) is 15.5 Å². The summed E-state index contributed by atoms with van der Waals surface area (Å²) in [5.74, 6) is -2.86. The quantitative estimate of drug-likeness (QED) is 0.294. The zero-order valence-corrected chi connectivity index (χ0v) is 29.6. The Morgan fingerprint density at radius 1 is 0.745 bits per heavy atom. The van der Waals surface area contributed by atoms with Gasteiger partial charge in [-0.1, -0.05) is 48.5 Å². The lowest BCUT2D eigenvalue weighted by Crippen LogP contribution is -2.60. The van der Waals surface area contributed by atoms with Crippen molar-refractivity contribution < 1.29 is 33.4 Å². The number of alkyl carbamates (subject to hydrolysis) is 1. The largest absolute Gasteiger partial charge is 0.458 e. The molecule has 4 N–H and O–H groups in total. The number of hydrogen-bond acceptors (Lipinski definition) is 7. The zero-order chi connectivity index (χ0) is 35.9. The molecule has 0 saturated carbocycles. The number of carbonyl (C=O) groups excluding carboxylic acids is 5. The van der Waals surface area contributed by atoms with Gasteiger partial charge >= 0.3 is 12.1 Å². The number of nitrogens with two attached hydrogens (primary N) is 1. The highest BCUT2D eigenvalue weighted by Crippen LogP contribution is 2.34. The SMILES string of the molecule is Cc1cccc(C)c1C(C(=O)NC(Cc1ccccc1)C(=O)OC(C)(C)C)N(C(=O)C(CC(N)=O)NC(=O)OC(C)(C)C)C(C)(C)C. The Morgan fingerprint density at radius 2 is 1.28 bits per heavy atom. The van der Waals surface area contributed by atoms with Gasteiger partial charge in [0, 0.05) is 12.0 Å². The van der Waals surface area contributed by atoms with Crippen LogP contribution in [0.3, 0.4) is 0 Å². The lowest BCUT2D eigenvalue weighted by Gasteiger charge is -2.44. The molecule has 0 aliphatic rings. The molecule has 0 heterocycles. The number of nitrogens with one attached hydrogen (secondary N) is 2. The smallest absolute Gasteiger partial charge is 0.408 e. The van der Waals surface area contributed by atoms with E-state index in [-0.39, 0.29) is 6.42 Å². The predicted octanol–water partition coefficient (Wildman–Crippen LogP) is 4.81. The zero-order valence-electron chi connectivity index (χ0n) is 29.6. The molecule has 47 heavy (non-hydrogen) atoms. The Bertz CT molecular complexity index is 1420. The Kier molecular flexibility index (Phi) is 12.7. The summed E-state index contributed by atoms with van der Waals surface area (Å²) in [6.45, 7) is 19.1. The topological polar surface area (TPSA) is 157 Å². The number of nitrogens with zero attached hydrogens (tertiary/aromatic N) is 1. The molecule has 0 aromatic heterocycles. The molecule has 2 rings (SSSR count). The molecule has 4 amide bonds. The summed E-state index contributed by atoms with van der Waals surface area (Å²) in [5.41, 5.74) is 5.54. The van der Waals surface area contributed by atoms with E-state index in [1.165, 1.54) is 4.90 Å². The van der Waals surface area contributed by atoms with E-state index in [1.807, 2.05) is 62.4 Å². The molecule has 0 radical (unpaired) electrons. The second-order valence-electron chi connectivity index (χ2n) is 14.7. The van der Waals surface area contributed by atoms with E-state index in [0.29, 0.717) is 5.56 Å².